The van der Waals surface area contributed by atoms with Crippen LogP contribution in [0.5, 0.6) is 11.5 Å². The fraction of sp³-hybridized carbons (Fsp3) is 0.212. The average Bonchev–Trinajstić information content (AvgIpc) is 2.93. The maximum Gasteiger partial charge on any atom is 0.183 e. The molecule has 5 nitrogen and oxygen atoms in total. The van der Waals surface area contributed by atoms with Crippen LogP contribution in [0, 0.1) is 6.07 Å². The molecule has 0 amide bonds. The Bertz CT molecular complexity index is 1680. The van der Waals surface area contributed by atoms with Crippen LogP contribution in [-0.2, 0) is 26.5 Å². The molecule has 2 aromatic heterocycles. The summed E-state index contributed by atoms with van der Waals surface area (Å²) >= 11 is 0. The summed E-state index contributed by atoms with van der Waals surface area (Å²) in [5, 5.41) is 11.9. The summed E-state index contributed by atoms with van der Waals surface area (Å²) in [6.07, 6.45) is 1.81. The third-order valence-electron chi connectivity index (χ3n) is 7.59. The molecule has 0 bridgehead atoms. The first kappa shape index (κ1) is 26.9. The number of phenols is 1. The van der Waals surface area contributed by atoms with Gasteiger partial charge in [0, 0.05) is 38.3 Å². The van der Waals surface area contributed by atoms with Gasteiger partial charge in [-0.2, -0.15) is 0 Å². The summed E-state index contributed by atoms with van der Waals surface area (Å²) in [4.78, 5) is 11.8. The van der Waals surface area contributed by atoms with Crippen LogP contribution in [0.4, 0.5) is 17.2 Å². The molecule has 0 fully saturated rings. The van der Waals surface area contributed by atoms with Gasteiger partial charge in [0.15, 0.2) is 11.5 Å². The molecule has 5 aromatic rings. The van der Waals surface area contributed by atoms with Gasteiger partial charge in [0.1, 0.15) is 11.3 Å². The number of fused-ring (bicyclic) bond motifs is 3. The van der Waals surface area contributed by atoms with E-state index in [-0.39, 0.29) is 38.1 Å². The number of anilines is 3. The zero-order chi connectivity index (χ0) is 26.6. The number of nitrogens with zero attached hydrogens (tertiary/aromatic N) is 3. The van der Waals surface area contributed by atoms with Crippen LogP contribution in [-0.4, -0.2) is 22.2 Å². The van der Waals surface area contributed by atoms with Crippen LogP contribution < -0.4 is 9.64 Å². The van der Waals surface area contributed by atoms with Crippen molar-refractivity contribution in [2.75, 3.05) is 12.0 Å². The van der Waals surface area contributed by atoms with Crippen LogP contribution in [0.2, 0.25) is 0 Å². The fourth-order valence-corrected chi connectivity index (χ4v) is 5.56. The first-order valence-corrected chi connectivity index (χ1v) is 12.9. The van der Waals surface area contributed by atoms with E-state index in [2.05, 4.69) is 75.1 Å². The number of methoxy groups -OCH3 is 1. The molecule has 0 atom stereocenters. The number of para-hydroxylation sites is 1. The van der Waals surface area contributed by atoms with Crippen LogP contribution in [0.1, 0.15) is 50.3 Å². The van der Waals surface area contributed by atoms with Gasteiger partial charge in [-0.3, -0.25) is 4.98 Å². The van der Waals surface area contributed by atoms with Crippen LogP contribution in [0.15, 0.2) is 79.0 Å². The van der Waals surface area contributed by atoms with Gasteiger partial charge in [0.2, 0.25) is 0 Å². The van der Waals surface area contributed by atoms with E-state index in [1.54, 1.807) is 7.11 Å². The summed E-state index contributed by atoms with van der Waals surface area (Å²) in [5.41, 5.74) is 7.41. The number of hydrogen-bond donors (Lipinski definition) is 1. The van der Waals surface area contributed by atoms with Crippen molar-refractivity contribution >= 4 is 28.1 Å². The Morgan fingerprint density at radius 2 is 1.72 bits per heavy atom. The summed E-state index contributed by atoms with van der Waals surface area (Å²) in [6.45, 7) is 8.75. The number of rotatable bonds is 4. The Kier molecular flexibility index (Phi) is 6.98. The van der Waals surface area contributed by atoms with Gasteiger partial charge in [-0.25, -0.2) is 4.98 Å². The molecule has 6 rings (SSSR count). The maximum absolute atomic E-state index is 11.0. The van der Waals surface area contributed by atoms with Crippen LogP contribution >= 0.6 is 0 Å². The average molecular weight is 696 g/mol. The normalized spacial score (nSPS) is 13.5. The number of hydrogen-bond acceptors (Lipinski definition) is 5. The third-order valence-corrected chi connectivity index (χ3v) is 7.59. The summed E-state index contributed by atoms with van der Waals surface area (Å²) in [7, 11) is 1.57. The molecule has 200 valence electrons. The van der Waals surface area contributed by atoms with Crippen molar-refractivity contribution in [2.45, 2.75) is 39.0 Å². The van der Waals surface area contributed by atoms with Gasteiger partial charge in [-0.15, -0.1) is 23.8 Å². The molecule has 0 unspecified atom stereocenters. The molecule has 0 radical (unpaired) electrons. The summed E-state index contributed by atoms with van der Waals surface area (Å²) in [5.74, 6) is 1.57. The van der Waals surface area contributed by atoms with Gasteiger partial charge in [0.05, 0.1) is 7.11 Å². The number of phenolic OH excluding ortho intramolecular Hbond substituents is 1. The monoisotopic (exact) mass is 695 g/mol. The minimum atomic E-state index is -0.221. The molecule has 0 aliphatic carbocycles. The minimum Gasteiger partial charge on any atom is -0.503 e. The second kappa shape index (κ2) is 10.1. The topological polar surface area (TPSA) is 58.5 Å². The Labute approximate surface area is 243 Å². The number of aromatic nitrogens is 2. The van der Waals surface area contributed by atoms with E-state index in [1.165, 1.54) is 5.56 Å². The number of ether oxygens (including phenoxy) is 1. The number of pyridine rings is 2. The zero-order valence-corrected chi connectivity index (χ0v) is 24.9. The molecule has 0 saturated heterocycles. The van der Waals surface area contributed by atoms with Crippen LogP contribution in [0.25, 0.3) is 22.2 Å². The maximum atomic E-state index is 11.0. The van der Waals surface area contributed by atoms with Crippen molar-refractivity contribution in [3.63, 3.8) is 0 Å². The molecule has 39 heavy (non-hydrogen) atoms. The fourth-order valence-electron chi connectivity index (χ4n) is 5.56. The molecular weight excluding hydrogens is 665 g/mol. The second-order valence-electron chi connectivity index (χ2n) is 10.6. The van der Waals surface area contributed by atoms with Crippen molar-refractivity contribution in [2.24, 2.45) is 0 Å². The Morgan fingerprint density at radius 3 is 2.44 bits per heavy atom. The molecule has 1 aliphatic rings. The first-order valence-electron chi connectivity index (χ1n) is 12.9. The number of benzene rings is 3. The second-order valence-corrected chi connectivity index (χ2v) is 10.6. The number of aromatic hydroxyl groups is 1. The molecule has 6 heteroatoms. The summed E-state index contributed by atoms with van der Waals surface area (Å²) < 4.78 is 5.47. The standard InChI is InChI=1S/C33H30N3O2.Pt/c1-20(2)23-19-29(38-5)32(37)31-22(23)14-16-26(35-31)21-13-15-25-28(18-21)36(30-12-8-9-17-34-30)27-11-7-6-10-24(27)33(25,3)4;/h6-17,19-20,37H,1-5H3;/q-1;. The SMILES string of the molecule is COc1cc(C(C)C)c2ccc(-c3[c-]c4c(cc3)C(C)(C)c3ccccc3N4c3ccccn3)nc2c1O.[Pt]. The van der Waals surface area contributed by atoms with Gasteiger partial charge >= 0.3 is 0 Å². The Morgan fingerprint density at radius 1 is 0.949 bits per heavy atom. The minimum absolute atomic E-state index is 0. The largest absolute Gasteiger partial charge is 0.503 e. The van der Waals surface area contributed by atoms with Crippen molar-refractivity contribution in [3.05, 3.63) is 102 Å². The Hall–Kier alpha value is -3.69. The first-order chi connectivity index (χ1) is 18.3. The van der Waals surface area contributed by atoms with E-state index in [1.807, 2.05) is 42.6 Å². The van der Waals surface area contributed by atoms with E-state index < -0.39 is 0 Å². The predicted molar refractivity (Wildman–Crippen MR) is 153 cm³/mol. The molecular formula is C33H30N3O2Pt-. The molecule has 3 aromatic carbocycles. The Balaban J connectivity index is 0.00000308. The van der Waals surface area contributed by atoms with Crippen molar-refractivity contribution in [3.8, 4) is 22.8 Å². The molecule has 1 aliphatic heterocycles. The van der Waals surface area contributed by atoms with Gasteiger partial charge in [-0.1, -0.05) is 69.7 Å². The smallest absolute Gasteiger partial charge is 0.183 e. The third kappa shape index (κ3) is 4.30. The van der Waals surface area contributed by atoms with Gasteiger partial charge in [-0.05, 0) is 58.1 Å². The molecule has 0 spiro atoms. The molecule has 3 heterocycles. The quantitative estimate of drug-likeness (QED) is 0.193. The predicted octanol–water partition coefficient (Wildman–Crippen LogP) is 8.04. The van der Waals surface area contributed by atoms with E-state index >= 15 is 0 Å². The van der Waals surface area contributed by atoms with Crippen molar-refractivity contribution in [1.82, 2.24) is 9.97 Å². The van der Waals surface area contributed by atoms with Gasteiger partial charge in [0.25, 0.3) is 0 Å². The molecule has 1 N–H and O–H groups in total. The van der Waals surface area contributed by atoms with Crippen LogP contribution in [0.3, 0.4) is 0 Å². The van der Waals surface area contributed by atoms with E-state index in [4.69, 9.17) is 14.7 Å². The van der Waals surface area contributed by atoms with E-state index in [0.29, 0.717) is 11.3 Å². The van der Waals surface area contributed by atoms with E-state index in [9.17, 15) is 5.11 Å². The molecule has 0 saturated carbocycles. The van der Waals surface area contributed by atoms with Crippen molar-refractivity contribution < 1.29 is 30.9 Å². The van der Waals surface area contributed by atoms with E-state index in [0.717, 1.165) is 45.0 Å². The van der Waals surface area contributed by atoms with Gasteiger partial charge < -0.3 is 14.7 Å². The van der Waals surface area contributed by atoms with Crippen molar-refractivity contribution in [1.29, 1.82) is 0 Å². The summed E-state index contributed by atoms with van der Waals surface area (Å²) in [6, 6.07) is 28.3. The zero-order valence-electron chi connectivity index (χ0n) is 22.6.